The van der Waals surface area contributed by atoms with Gasteiger partial charge in [-0.2, -0.15) is 0 Å². The Kier molecular flexibility index (Phi) is 5.94. The van der Waals surface area contributed by atoms with Gasteiger partial charge in [0.25, 0.3) is 11.8 Å². The van der Waals surface area contributed by atoms with Gasteiger partial charge in [0, 0.05) is 4.47 Å². The van der Waals surface area contributed by atoms with Crippen molar-refractivity contribution in [2.45, 2.75) is 0 Å². The number of hydrogen-bond donors (Lipinski definition) is 2. The van der Waals surface area contributed by atoms with E-state index in [2.05, 4.69) is 33.4 Å². The highest BCUT2D eigenvalue weighted by Gasteiger charge is 2.14. The molecule has 0 aromatic heterocycles. The van der Waals surface area contributed by atoms with Crippen LogP contribution in [0.2, 0.25) is 0 Å². The molecule has 2 rings (SSSR count). The number of para-hydroxylation sites is 1. The van der Waals surface area contributed by atoms with E-state index in [9.17, 15) is 9.59 Å². The van der Waals surface area contributed by atoms with Crippen molar-refractivity contribution < 1.29 is 14.3 Å². The summed E-state index contributed by atoms with van der Waals surface area (Å²) < 4.78 is 6.06. The highest BCUT2D eigenvalue weighted by Crippen LogP contribution is 2.18. The molecule has 0 fully saturated rings. The predicted octanol–water partition coefficient (Wildman–Crippen LogP) is 3.09. The Morgan fingerprint density at radius 1 is 1.00 bits per heavy atom. The van der Waals surface area contributed by atoms with Crippen LogP contribution in [-0.2, 0) is 0 Å². The quantitative estimate of drug-likeness (QED) is 0.624. The topological polar surface area (TPSA) is 67.4 Å². The molecule has 0 spiro atoms. The number of carbonyl (C=O) groups is 2. The minimum absolute atomic E-state index is 0.285. The molecule has 0 radical (unpaired) electrons. The summed E-state index contributed by atoms with van der Waals surface area (Å²) in [7, 11) is 0. The maximum atomic E-state index is 12.2. The van der Waals surface area contributed by atoms with Crippen LogP contribution in [0.15, 0.2) is 65.7 Å². The summed E-state index contributed by atoms with van der Waals surface area (Å²) in [5, 5.41) is 0. The molecule has 0 aliphatic rings. The number of benzene rings is 2. The second-order valence-electron chi connectivity index (χ2n) is 4.48. The Hall–Kier alpha value is -2.60. The molecule has 2 amide bonds. The van der Waals surface area contributed by atoms with Crippen molar-refractivity contribution in [3.63, 3.8) is 0 Å². The fraction of sp³-hybridized carbons (Fsp3) is 0.0588. The van der Waals surface area contributed by atoms with Crippen LogP contribution in [0.1, 0.15) is 20.7 Å². The second kappa shape index (κ2) is 8.14. The molecule has 0 saturated heterocycles. The van der Waals surface area contributed by atoms with Crippen molar-refractivity contribution in [1.82, 2.24) is 10.9 Å². The van der Waals surface area contributed by atoms with Crippen LogP contribution in [0.3, 0.4) is 0 Å². The van der Waals surface area contributed by atoms with Gasteiger partial charge < -0.3 is 4.74 Å². The Morgan fingerprint density at radius 2 is 1.57 bits per heavy atom. The van der Waals surface area contributed by atoms with E-state index in [1.807, 2.05) is 0 Å². The third-order valence-electron chi connectivity index (χ3n) is 2.90. The summed E-state index contributed by atoms with van der Waals surface area (Å²) in [6, 6.07) is 13.7. The lowest BCUT2D eigenvalue weighted by molar-refractivity contribution is 0.0844. The minimum Gasteiger partial charge on any atom is -0.489 e. The van der Waals surface area contributed by atoms with Gasteiger partial charge in [0.2, 0.25) is 0 Å². The van der Waals surface area contributed by atoms with E-state index in [4.69, 9.17) is 4.74 Å². The predicted molar refractivity (Wildman–Crippen MR) is 91.2 cm³/mol. The molecule has 2 aromatic rings. The average molecular weight is 375 g/mol. The molecular weight excluding hydrogens is 360 g/mol. The van der Waals surface area contributed by atoms with E-state index < -0.39 is 11.8 Å². The lowest BCUT2D eigenvalue weighted by Crippen LogP contribution is -2.41. The van der Waals surface area contributed by atoms with Gasteiger partial charge in [0.15, 0.2) is 0 Å². The van der Waals surface area contributed by atoms with Crippen LogP contribution in [-0.4, -0.2) is 18.4 Å². The van der Waals surface area contributed by atoms with Gasteiger partial charge in [-0.3, -0.25) is 20.4 Å². The second-order valence-corrected chi connectivity index (χ2v) is 5.34. The van der Waals surface area contributed by atoms with Gasteiger partial charge in [-0.15, -0.1) is 0 Å². The average Bonchev–Trinajstić information content (AvgIpc) is 2.58. The van der Waals surface area contributed by atoms with Gasteiger partial charge >= 0.3 is 0 Å². The largest absolute Gasteiger partial charge is 0.489 e. The van der Waals surface area contributed by atoms with Crippen LogP contribution in [0, 0.1) is 0 Å². The number of hydrogen-bond acceptors (Lipinski definition) is 3. The maximum Gasteiger partial charge on any atom is 0.273 e. The first-order valence-electron chi connectivity index (χ1n) is 6.81. The molecule has 23 heavy (non-hydrogen) atoms. The van der Waals surface area contributed by atoms with Crippen LogP contribution >= 0.6 is 15.9 Å². The Bertz CT molecular complexity index is 731. The Labute approximate surface area is 142 Å². The standard InChI is InChI=1S/C17H15BrN2O3/c1-2-11-23-15-10-6-4-8-13(15)17(22)20-19-16(21)12-7-3-5-9-14(12)18/h2-10H,1,11H2,(H,19,21)(H,20,22). The van der Waals surface area contributed by atoms with Gasteiger partial charge in [-0.1, -0.05) is 36.9 Å². The molecule has 0 unspecified atom stereocenters. The van der Waals surface area contributed by atoms with Gasteiger partial charge in [0.05, 0.1) is 11.1 Å². The smallest absolute Gasteiger partial charge is 0.273 e. The van der Waals surface area contributed by atoms with E-state index in [1.54, 1.807) is 54.6 Å². The first-order valence-corrected chi connectivity index (χ1v) is 7.60. The molecule has 0 aliphatic carbocycles. The monoisotopic (exact) mass is 374 g/mol. The number of hydrazine groups is 1. The van der Waals surface area contributed by atoms with E-state index in [1.165, 1.54) is 0 Å². The fourth-order valence-corrected chi connectivity index (χ4v) is 2.29. The molecule has 0 saturated carbocycles. The summed E-state index contributed by atoms with van der Waals surface area (Å²) >= 11 is 3.29. The molecule has 118 valence electrons. The summed E-state index contributed by atoms with van der Waals surface area (Å²) in [6.45, 7) is 3.85. The first kappa shape index (κ1) is 16.8. The zero-order chi connectivity index (χ0) is 16.7. The number of nitrogens with one attached hydrogen (secondary N) is 2. The highest BCUT2D eigenvalue weighted by molar-refractivity contribution is 9.10. The molecule has 5 nitrogen and oxygen atoms in total. The highest BCUT2D eigenvalue weighted by atomic mass is 79.9. The summed E-state index contributed by atoms with van der Waals surface area (Å²) in [4.78, 5) is 24.3. The van der Waals surface area contributed by atoms with Crippen LogP contribution < -0.4 is 15.6 Å². The minimum atomic E-state index is -0.468. The summed E-state index contributed by atoms with van der Waals surface area (Å²) in [6.07, 6.45) is 1.59. The summed E-state index contributed by atoms with van der Waals surface area (Å²) in [5.41, 5.74) is 5.49. The maximum absolute atomic E-state index is 12.2. The number of halogens is 1. The molecule has 2 N–H and O–H groups in total. The van der Waals surface area contributed by atoms with Crippen LogP contribution in [0.5, 0.6) is 5.75 Å². The van der Waals surface area contributed by atoms with E-state index >= 15 is 0 Å². The fourth-order valence-electron chi connectivity index (χ4n) is 1.82. The van der Waals surface area contributed by atoms with Crippen molar-refractivity contribution >= 4 is 27.7 Å². The van der Waals surface area contributed by atoms with Crippen LogP contribution in [0.25, 0.3) is 0 Å². The first-order chi connectivity index (χ1) is 11.1. The molecule has 6 heteroatoms. The van der Waals surface area contributed by atoms with Crippen molar-refractivity contribution in [1.29, 1.82) is 0 Å². The van der Waals surface area contributed by atoms with Gasteiger partial charge in [-0.05, 0) is 40.2 Å². The number of rotatable bonds is 5. The normalized spacial score (nSPS) is 9.78. The number of carbonyl (C=O) groups excluding carboxylic acids is 2. The molecule has 0 heterocycles. The lowest BCUT2D eigenvalue weighted by Gasteiger charge is -2.11. The molecule has 2 aromatic carbocycles. The van der Waals surface area contributed by atoms with Crippen molar-refractivity contribution in [3.8, 4) is 5.75 Å². The van der Waals surface area contributed by atoms with Crippen LogP contribution in [0.4, 0.5) is 0 Å². The molecule has 0 atom stereocenters. The number of amides is 2. The number of ether oxygens (including phenoxy) is 1. The third-order valence-corrected chi connectivity index (χ3v) is 3.59. The Morgan fingerprint density at radius 3 is 2.22 bits per heavy atom. The SMILES string of the molecule is C=CCOc1ccccc1C(=O)NNC(=O)c1ccccc1Br. The molecular formula is C17H15BrN2O3. The Balaban J connectivity index is 2.04. The van der Waals surface area contributed by atoms with Crippen molar-refractivity contribution in [2.24, 2.45) is 0 Å². The third kappa shape index (κ3) is 4.43. The van der Waals surface area contributed by atoms with Gasteiger partial charge in [-0.25, -0.2) is 0 Å². The van der Waals surface area contributed by atoms with Crippen molar-refractivity contribution in [2.75, 3.05) is 6.61 Å². The van der Waals surface area contributed by atoms with Gasteiger partial charge in [0.1, 0.15) is 12.4 Å². The van der Waals surface area contributed by atoms with Crippen molar-refractivity contribution in [3.05, 3.63) is 76.8 Å². The van der Waals surface area contributed by atoms with E-state index in [0.29, 0.717) is 21.3 Å². The lowest BCUT2D eigenvalue weighted by atomic mass is 10.2. The molecule has 0 bridgehead atoms. The zero-order valence-electron chi connectivity index (χ0n) is 12.2. The zero-order valence-corrected chi connectivity index (χ0v) is 13.8. The molecule has 0 aliphatic heterocycles. The van der Waals surface area contributed by atoms with E-state index in [0.717, 1.165) is 0 Å². The van der Waals surface area contributed by atoms with E-state index in [-0.39, 0.29) is 6.61 Å². The summed E-state index contributed by atoms with van der Waals surface area (Å²) in [5.74, 6) is -0.472.